The molecule has 3 heteroatoms. The Labute approximate surface area is 135 Å². The number of ether oxygens (including phenoxy) is 1. The first-order valence-corrected chi connectivity index (χ1v) is 9.07. The van der Waals surface area contributed by atoms with Crippen molar-refractivity contribution in [1.82, 2.24) is 9.55 Å². The molecule has 2 rings (SSSR count). The smallest absolute Gasteiger partial charge is 0.0948 e. The van der Waals surface area contributed by atoms with Gasteiger partial charge in [-0.05, 0) is 17.9 Å². The van der Waals surface area contributed by atoms with E-state index in [4.69, 9.17) is 4.74 Å². The highest BCUT2D eigenvalue weighted by atomic mass is 16.5. The third-order valence-corrected chi connectivity index (χ3v) is 4.47. The number of hydrogen-bond donors (Lipinski definition) is 0. The van der Waals surface area contributed by atoms with Gasteiger partial charge in [0, 0.05) is 18.9 Å². The summed E-state index contributed by atoms with van der Waals surface area (Å²) < 4.78 is 8.24. The largest absolute Gasteiger partial charge is 0.373 e. The molecule has 0 N–H and O–H groups in total. The maximum atomic E-state index is 6.09. The van der Waals surface area contributed by atoms with Crippen molar-refractivity contribution in [1.29, 1.82) is 0 Å². The minimum absolute atomic E-state index is 0.314. The maximum Gasteiger partial charge on any atom is 0.0948 e. The Morgan fingerprint density at radius 1 is 1.18 bits per heavy atom. The monoisotopic (exact) mass is 304 g/mol. The molecule has 2 atom stereocenters. The molecule has 2 heterocycles. The predicted molar refractivity (Wildman–Crippen MR) is 91.8 cm³/mol. The summed E-state index contributed by atoms with van der Waals surface area (Å²) in [5.41, 5.74) is 1.43. The van der Waals surface area contributed by atoms with Crippen LogP contribution in [-0.4, -0.2) is 22.3 Å². The highest BCUT2D eigenvalue weighted by Crippen LogP contribution is 2.24. The summed E-state index contributed by atoms with van der Waals surface area (Å²) >= 11 is 0. The number of unbranched alkanes of at least 4 members (excludes halogenated alkanes) is 6. The third kappa shape index (κ3) is 5.96. The van der Waals surface area contributed by atoms with E-state index in [2.05, 4.69) is 29.5 Å². The van der Waals surface area contributed by atoms with Crippen molar-refractivity contribution in [3.8, 4) is 0 Å². The summed E-state index contributed by atoms with van der Waals surface area (Å²) in [7, 11) is 0. The number of aromatic nitrogens is 2. The van der Waals surface area contributed by atoms with Gasteiger partial charge in [-0.1, -0.05) is 64.9 Å². The Balaban J connectivity index is 1.72. The van der Waals surface area contributed by atoms with E-state index in [0.29, 0.717) is 12.0 Å². The number of hydrogen-bond acceptors (Lipinski definition) is 2. The van der Waals surface area contributed by atoms with E-state index in [1.807, 2.05) is 18.7 Å². The molecule has 0 saturated carbocycles. The first kappa shape index (κ1) is 17.3. The lowest BCUT2D eigenvalue weighted by molar-refractivity contribution is 0.0408. The highest BCUT2D eigenvalue weighted by Gasteiger charge is 2.21. The molecular formula is C19H32N2O. The third-order valence-electron chi connectivity index (χ3n) is 4.47. The van der Waals surface area contributed by atoms with Gasteiger partial charge in [0.1, 0.15) is 0 Å². The van der Waals surface area contributed by atoms with Crippen LogP contribution in [0.5, 0.6) is 0 Å². The minimum atomic E-state index is 0.314. The second-order valence-corrected chi connectivity index (χ2v) is 6.69. The number of nitrogens with zero attached hydrogens (tertiary/aromatic N) is 2. The summed E-state index contributed by atoms with van der Waals surface area (Å²) in [6.07, 6.45) is 19.2. The standard InChI is InChI=1S/C19H32N2O/c1-3-4-5-6-7-8-9-10-19-18(13-17(2)15-22-19)14-21-12-11-20-16-21/h11-13,16-17,19H,3-10,14-15H2,1-2H3/t17-,19+/m1/s1. The second-order valence-electron chi connectivity index (χ2n) is 6.69. The fourth-order valence-corrected chi connectivity index (χ4v) is 3.20. The molecule has 1 aromatic heterocycles. The molecule has 0 saturated heterocycles. The Kier molecular flexibility index (Phi) is 7.72. The molecule has 124 valence electrons. The van der Waals surface area contributed by atoms with E-state index in [1.54, 1.807) is 0 Å². The molecule has 1 aliphatic rings. The van der Waals surface area contributed by atoms with Gasteiger partial charge < -0.3 is 9.30 Å². The normalized spacial score (nSPS) is 21.8. The molecule has 0 amide bonds. The van der Waals surface area contributed by atoms with E-state index in [1.165, 1.54) is 56.9 Å². The van der Waals surface area contributed by atoms with Gasteiger partial charge in [-0.2, -0.15) is 0 Å². The van der Waals surface area contributed by atoms with Gasteiger partial charge in [0.2, 0.25) is 0 Å². The van der Waals surface area contributed by atoms with Crippen LogP contribution >= 0.6 is 0 Å². The first-order chi connectivity index (χ1) is 10.8. The highest BCUT2D eigenvalue weighted by molar-refractivity contribution is 5.13. The second kappa shape index (κ2) is 9.83. The van der Waals surface area contributed by atoms with Crippen LogP contribution < -0.4 is 0 Å². The first-order valence-electron chi connectivity index (χ1n) is 9.07. The molecule has 0 bridgehead atoms. The molecule has 0 spiro atoms. The number of imidazole rings is 1. The predicted octanol–water partition coefficient (Wildman–Crippen LogP) is 4.99. The average molecular weight is 304 g/mol. The van der Waals surface area contributed by atoms with Crippen molar-refractivity contribution in [2.24, 2.45) is 5.92 Å². The topological polar surface area (TPSA) is 27.1 Å². The molecule has 3 nitrogen and oxygen atoms in total. The number of rotatable bonds is 10. The van der Waals surface area contributed by atoms with Crippen molar-refractivity contribution in [2.75, 3.05) is 6.61 Å². The van der Waals surface area contributed by atoms with Crippen LogP contribution in [0.25, 0.3) is 0 Å². The summed E-state index contributed by atoms with van der Waals surface area (Å²) in [5, 5.41) is 0. The molecule has 22 heavy (non-hydrogen) atoms. The lowest BCUT2D eigenvalue weighted by atomic mass is 9.96. The minimum Gasteiger partial charge on any atom is -0.373 e. The molecule has 0 radical (unpaired) electrons. The van der Waals surface area contributed by atoms with Gasteiger partial charge in [-0.3, -0.25) is 0 Å². The summed E-state index contributed by atoms with van der Waals surface area (Å²) in [6.45, 7) is 6.30. The summed E-state index contributed by atoms with van der Waals surface area (Å²) in [4.78, 5) is 4.14. The van der Waals surface area contributed by atoms with Crippen LogP contribution in [0.1, 0.15) is 65.2 Å². The van der Waals surface area contributed by atoms with E-state index in [-0.39, 0.29) is 0 Å². The molecule has 0 aliphatic carbocycles. The Morgan fingerprint density at radius 3 is 2.68 bits per heavy atom. The Morgan fingerprint density at radius 2 is 1.95 bits per heavy atom. The lowest BCUT2D eigenvalue weighted by Crippen LogP contribution is -2.27. The van der Waals surface area contributed by atoms with Gasteiger partial charge >= 0.3 is 0 Å². The molecule has 0 aromatic carbocycles. The summed E-state index contributed by atoms with van der Waals surface area (Å²) in [6, 6.07) is 0. The van der Waals surface area contributed by atoms with Crippen LogP contribution in [0.15, 0.2) is 30.4 Å². The van der Waals surface area contributed by atoms with Crippen molar-refractivity contribution in [3.05, 3.63) is 30.4 Å². The van der Waals surface area contributed by atoms with Crippen LogP contribution in [0, 0.1) is 5.92 Å². The van der Waals surface area contributed by atoms with E-state index in [9.17, 15) is 0 Å². The van der Waals surface area contributed by atoms with Gasteiger partial charge in [0.25, 0.3) is 0 Å². The average Bonchev–Trinajstić information content (AvgIpc) is 3.01. The van der Waals surface area contributed by atoms with Crippen molar-refractivity contribution in [3.63, 3.8) is 0 Å². The summed E-state index contributed by atoms with van der Waals surface area (Å²) in [5.74, 6) is 0.531. The van der Waals surface area contributed by atoms with Gasteiger partial charge in [0.15, 0.2) is 0 Å². The Hall–Kier alpha value is -1.09. The lowest BCUT2D eigenvalue weighted by Gasteiger charge is -2.28. The molecular weight excluding hydrogens is 272 g/mol. The fraction of sp³-hybridized carbons (Fsp3) is 0.737. The zero-order valence-electron chi connectivity index (χ0n) is 14.3. The zero-order valence-corrected chi connectivity index (χ0v) is 14.3. The molecule has 1 aromatic rings. The van der Waals surface area contributed by atoms with Gasteiger partial charge in [-0.15, -0.1) is 0 Å². The van der Waals surface area contributed by atoms with Gasteiger partial charge in [-0.25, -0.2) is 4.98 Å². The SMILES string of the molecule is CCCCCCCCC[C@@H]1OC[C@H](C)C=C1Cn1ccnc1. The van der Waals surface area contributed by atoms with Crippen molar-refractivity contribution >= 4 is 0 Å². The molecule has 0 unspecified atom stereocenters. The van der Waals surface area contributed by atoms with E-state index >= 15 is 0 Å². The molecule has 1 aliphatic heterocycles. The maximum absolute atomic E-state index is 6.09. The van der Waals surface area contributed by atoms with Crippen LogP contribution in [-0.2, 0) is 11.3 Å². The van der Waals surface area contributed by atoms with Crippen LogP contribution in [0.2, 0.25) is 0 Å². The van der Waals surface area contributed by atoms with Crippen molar-refractivity contribution < 1.29 is 4.74 Å². The fourth-order valence-electron chi connectivity index (χ4n) is 3.20. The van der Waals surface area contributed by atoms with E-state index in [0.717, 1.165) is 13.2 Å². The van der Waals surface area contributed by atoms with Crippen molar-refractivity contribution in [2.45, 2.75) is 77.9 Å². The van der Waals surface area contributed by atoms with Crippen LogP contribution in [0.3, 0.4) is 0 Å². The van der Waals surface area contributed by atoms with E-state index < -0.39 is 0 Å². The Bertz CT molecular complexity index is 425. The van der Waals surface area contributed by atoms with Gasteiger partial charge in [0.05, 0.1) is 19.0 Å². The quantitative estimate of drug-likeness (QED) is 0.450. The van der Waals surface area contributed by atoms with Crippen LogP contribution in [0.4, 0.5) is 0 Å². The zero-order chi connectivity index (χ0) is 15.6. The molecule has 0 fully saturated rings.